The van der Waals surface area contributed by atoms with Gasteiger partial charge < -0.3 is 14.8 Å². The number of hydrogen-bond donors (Lipinski definition) is 1. The number of fused-ring (bicyclic) bond motifs is 1. The van der Waals surface area contributed by atoms with Gasteiger partial charge >= 0.3 is 0 Å². The first kappa shape index (κ1) is 17.7. The lowest BCUT2D eigenvalue weighted by atomic mass is 10.1. The SMILES string of the molecule is COc1cc2nc(Cl)nc(Nc3cc([N+](=O)[O-])ccc3C)c2cc1OC. The van der Waals surface area contributed by atoms with Crippen LogP contribution in [-0.2, 0) is 0 Å². The van der Waals surface area contributed by atoms with Gasteiger partial charge in [-0.15, -0.1) is 0 Å². The summed E-state index contributed by atoms with van der Waals surface area (Å²) in [6, 6.07) is 7.96. The van der Waals surface area contributed by atoms with Crippen LogP contribution in [-0.4, -0.2) is 29.1 Å². The number of hydrogen-bond acceptors (Lipinski definition) is 7. The van der Waals surface area contributed by atoms with Crippen LogP contribution in [0, 0.1) is 17.0 Å². The van der Waals surface area contributed by atoms with Gasteiger partial charge in [0.05, 0.1) is 24.7 Å². The minimum atomic E-state index is -0.455. The molecule has 0 amide bonds. The molecule has 0 spiro atoms. The predicted molar refractivity (Wildman–Crippen MR) is 98.8 cm³/mol. The molecule has 0 fully saturated rings. The molecule has 8 nitrogen and oxygen atoms in total. The van der Waals surface area contributed by atoms with E-state index in [-0.39, 0.29) is 11.0 Å². The third kappa shape index (κ3) is 3.31. The second-order valence-corrected chi connectivity index (χ2v) is 5.78. The predicted octanol–water partition coefficient (Wildman–Crippen LogP) is 4.26. The van der Waals surface area contributed by atoms with E-state index >= 15 is 0 Å². The van der Waals surface area contributed by atoms with Crippen LogP contribution in [0.3, 0.4) is 0 Å². The zero-order valence-electron chi connectivity index (χ0n) is 14.2. The smallest absolute Gasteiger partial charge is 0.271 e. The number of anilines is 2. The van der Waals surface area contributed by atoms with Gasteiger partial charge in [-0.2, -0.15) is 4.98 Å². The Morgan fingerprint density at radius 2 is 1.81 bits per heavy atom. The molecule has 1 N–H and O–H groups in total. The topological polar surface area (TPSA) is 99.4 Å². The van der Waals surface area contributed by atoms with Gasteiger partial charge in [0.1, 0.15) is 5.82 Å². The Balaban J connectivity index is 2.16. The molecule has 26 heavy (non-hydrogen) atoms. The van der Waals surface area contributed by atoms with Gasteiger partial charge in [-0.25, -0.2) is 4.98 Å². The molecule has 0 bridgehead atoms. The maximum atomic E-state index is 11.0. The minimum Gasteiger partial charge on any atom is -0.493 e. The van der Waals surface area contributed by atoms with Crippen LogP contribution in [0.25, 0.3) is 10.9 Å². The monoisotopic (exact) mass is 374 g/mol. The molecule has 0 unspecified atom stereocenters. The van der Waals surface area contributed by atoms with Crippen molar-refractivity contribution >= 4 is 39.7 Å². The lowest BCUT2D eigenvalue weighted by molar-refractivity contribution is -0.384. The summed E-state index contributed by atoms with van der Waals surface area (Å²) < 4.78 is 10.6. The lowest BCUT2D eigenvalue weighted by Crippen LogP contribution is -2.01. The average Bonchev–Trinajstić information content (AvgIpc) is 2.62. The second kappa shape index (κ2) is 7.01. The summed E-state index contributed by atoms with van der Waals surface area (Å²) in [4.78, 5) is 19.0. The standard InChI is InChI=1S/C17H15ClN4O4/c1-9-4-5-10(22(23)24)6-12(9)19-16-11-7-14(25-2)15(26-3)8-13(11)20-17(18)21-16/h4-8H,1-3H3,(H,19,20,21). The van der Waals surface area contributed by atoms with Gasteiger partial charge in [-0.05, 0) is 30.2 Å². The Kier molecular flexibility index (Phi) is 4.77. The summed E-state index contributed by atoms with van der Waals surface area (Å²) >= 11 is 6.04. The zero-order chi connectivity index (χ0) is 18.8. The van der Waals surface area contributed by atoms with Crippen LogP contribution < -0.4 is 14.8 Å². The second-order valence-electron chi connectivity index (χ2n) is 5.45. The third-order valence-corrected chi connectivity index (χ3v) is 4.03. The number of non-ortho nitro benzene ring substituents is 1. The minimum absolute atomic E-state index is 0.0261. The van der Waals surface area contributed by atoms with Gasteiger partial charge in [0.25, 0.3) is 5.69 Å². The van der Waals surface area contributed by atoms with Gasteiger partial charge in [0, 0.05) is 29.3 Å². The summed E-state index contributed by atoms with van der Waals surface area (Å²) in [5, 5.41) is 14.8. The maximum absolute atomic E-state index is 11.0. The van der Waals surface area contributed by atoms with Crippen molar-refractivity contribution in [3.63, 3.8) is 0 Å². The number of halogens is 1. The van der Waals surface area contributed by atoms with Gasteiger partial charge in [0.15, 0.2) is 11.5 Å². The van der Waals surface area contributed by atoms with E-state index in [1.165, 1.54) is 26.4 Å². The van der Waals surface area contributed by atoms with E-state index in [0.717, 1.165) is 5.56 Å². The Morgan fingerprint density at radius 3 is 2.46 bits per heavy atom. The molecule has 0 atom stereocenters. The highest BCUT2D eigenvalue weighted by atomic mass is 35.5. The van der Waals surface area contributed by atoms with E-state index in [2.05, 4.69) is 15.3 Å². The van der Waals surface area contributed by atoms with Crippen molar-refractivity contribution in [2.24, 2.45) is 0 Å². The van der Waals surface area contributed by atoms with Crippen molar-refractivity contribution in [3.8, 4) is 11.5 Å². The van der Waals surface area contributed by atoms with Crippen molar-refractivity contribution in [1.82, 2.24) is 9.97 Å². The van der Waals surface area contributed by atoms with Crippen LogP contribution in [0.1, 0.15) is 5.56 Å². The van der Waals surface area contributed by atoms with Crippen LogP contribution >= 0.6 is 11.6 Å². The molecule has 0 saturated heterocycles. The zero-order valence-corrected chi connectivity index (χ0v) is 15.0. The van der Waals surface area contributed by atoms with Crippen molar-refractivity contribution in [1.29, 1.82) is 0 Å². The van der Waals surface area contributed by atoms with Crippen molar-refractivity contribution in [2.75, 3.05) is 19.5 Å². The van der Waals surface area contributed by atoms with E-state index in [4.69, 9.17) is 21.1 Å². The fraction of sp³-hybridized carbons (Fsp3) is 0.176. The highest BCUT2D eigenvalue weighted by molar-refractivity contribution is 6.28. The summed E-state index contributed by atoms with van der Waals surface area (Å²) in [7, 11) is 3.05. The number of aryl methyl sites for hydroxylation is 1. The van der Waals surface area contributed by atoms with Gasteiger partial charge in [0.2, 0.25) is 5.28 Å². The Hall–Kier alpha value is -3.13. The largest absolute Gasteiger partial charge is 0.493 e. The molecular formula is C17H15ClN4O4. The molecule has 0 aliphatic heterocycles. The van der Waals surface area contributed by atoms with E-state index in [1.807, 2.05) is 6.92 Å². The van der Waals surface area contributed by atoms with E-state index in [0.29, 0.717) is 33.9 Å². The number of ether oxygens (including phenoxy) is 2. The summed E-state index contributed by atoms with van der Waals surface area (Å²) in [5.41, 5.74) is 1.89. The molecule has 1 aromatic heterocycles. The molecule has 0 aliphatic rings. The quantitative estimate of drug-likeness (QED) is 0.404. The number of aromatic nitrogens is 2. The Bertz CT molecular complexity index is 1010. The van der Waals surface area contributed by atoms with Crippen molar-refractivity contribution in [3.05, 3.63) is 51.3 Å². The van der Waals surface area contributed by atoms with Gasteiger partial charge in [-0.1, -0.05) is 6.07 Å². The van der Waals surface area contributed by atoms with Crippen LogP contribution in [0.2, 0.25) is 5.28 Å². The molecular weight excluding hydrogens is 360 g/mol. The first-order valence-electron chi connectivity index (χ1n) is 7.54. The number of nitrogens with one attached hydrogen (secondary N) is 1. The average molecular weight is 375 g/mol. The summed E-state index contributed by atoms with van der Waals surface area (Å²) in [5.74, 6) is 1.42. The van der Waals surface area contributed by atoms with E-state index in [1.54, 1.807) is 18.2 Å². The number of benzene rings is 2. The molecule has 0 aliphatic carbocycles. The van der Waals surface area contributed by atoms with Crippen LogP contribution in [0.4, 0.5) is 17.2 Å². The Morgan fingerprint density at radius 1 is 1.12 bits per heavy atom. The summed E-state index contributed by atoms with van der Waals surface area (Å²) in [6.45, 7) is 1.83. The molecule has 0 saturated carbocycles. The van der Waals surface area contributed by atoms with Gasteiger partial charge in [-0.3, -0.25) is 10.1 Å². The maximum Gasteiger partial charge on any atom is 0.271 e. The molecule has 134 valence electrons. The number of nitro groups is 1. The highest BCUT2D eigenvalue weighted by Gasteiger charge is 2.15. The molecule has 9 heteroatoms. The molecule has 0 radical (unpaired) electrons. The number of nitro benzene ring substituents is 1. The Labute approximate surface area is 153 Å². The normalized spacial score (nSPS) is 10.6. The number of nitrogens with zero attached hydrogens (tertiary/aromatic N) is 3. The third-order valence-electron chi connectivity index (χ3n) is 3.86. The molecule has 3 rings (SSSR count). The van der Waals surface area contributed by atoms with E-state index < -0.39 is 4.92 Å². The number of rotatable bonds is 5. The molecule has 1 heterocycles. The van der Waals surface area contributed by atoms with Crippen molar-refractivity contribution in [2.45, 2.75) is 6.92 Å². The fourth-order valence-corrected chi connectivity index (χ4v) is 2.68. The molecule has 3 aromatic rings. The highest BCUT2D eigenvalue weighted by Crippen LogP contribution is 2.36. The first-order valence-corrected chi connectivity index (χ1v) is 7.92. The van der Waals surface area contributed by atoms with Crippen LogP contribution in [0.15, 0.2) is 30.3 Å². The van der Waals surface area contributed by atoms with Crippen molar-refractivity contribution < 1.29 is 14.4 Å². The lowest BCUT2D eigenvalue weighted by Gasteiger charge is -2.13. The van der Waals surface area contributed by atoms with Crippen LogP contribution in [0.5, 0.6) is 11.5 Å². The first-order chi connectivity index (χ1) is 12.4. The fourth-order valence-electron chi connectivity index (χ4n) is 2.51. The molecule has 2 aromatic carbocycles. The summed E-state index contributed by atoms with van der Waals surface area (Å²) in [6.07, 6.45) is 0. The number of methoxy groups -OCH3 is 2. The van der Waals surface area contributed by atoms with E-state index in [9.17, 15) is 10.1 Å².